The quantitative estimate of drug-likeness (QED) is 0.786. The molecular weight excluding hydrogens is 326 g/mol. The molecule has 0 unspecified atom stereocenters. The van der Waals surface area contributed by atoms with E-state index in [4.69, 9.17) is 10.8 Å². The Morgan fingerprint density at radius 1 is 1.19 bits per heavy atom. The fraction of sp³-hybridized carbons (Fsp3) is 0.471. The van der Waals surface area contributed by atoms with Crippen LogP contribution in [0.5, 0.6) is 0 Å². The molecule has 0 saturated heterocycles. The summed E-state index contributed by atoms with van der Waals surface area (Å²) in [5.41, 5.74) is 9.69. The van der Waals surface area contributed by atoms with Crippen molar-refractivity contribution in [3.63, 3.8) is 0 Å². The molecule has 4 heteroatoms. The third-order valence-electron chi connectivity index (χ3n) is 3.92. The summed E-state index contributed by atoms with van der Waals surface area (Å²) in [5, 5.41) is 4.74. The van der Waals surface area contributed by atoms with Crippen molar-refractivity contribution >= 4 is 21.7 Å². The highest BCUT2D eigenvalue weighted by molar-refractivity contribution is 9.10. The first-order valence-corrected chi connectivity index (χ1v) is 8.46. The van der Waals surface area contributed by atoms with Gasteiger partial charge in [-0.15, -0.1) is 0 Å². The fourth-order valence-electron chi connectivity index (χ4n) is 2.90. The molecule has 2 aromatic rings. The molecule has 114 valence electrons. The molecule has 0 amide bonds. The lowest BCUT2D eigenvalue weighted by atomic mass is 9.90. The van der Waals surface area contributed by atoms with Crippen molar-refractivity contribution in [2.75, 3.05) is 5.73 Å². The maximum atomic E-state index is 6.31. The van der Waals surface area contributed by atoms with Gasteiger partial charge in [-0.2, -0.15) is 5.10 Å². The zero-order valence-electron chi connectivity index (χ0n) is 13.1. The van der Waals surface area contributed by atoms with Gasteiger partial charge in [-0.1, -0.05) is 60.8 Å². The number of halogens is 1. The number of nitrogens with two attached hydrogens (primary N) is 1. The standard InChI is InChI=1S/C17H24BrN3/c1-4-8-12(9-5-2)16-15(17(19)21(3)20-16)13-10-6-7-11-14(13)18/h6-7,10-12H,4-5,8-9,19H2,1-3H3. The monoisotopic (exact) mass is 349 g/mol. The van der Waals surface area contributed by atoms with Crippen LogP contribution >= 0.6 is 15.9 Å². The van der Waals surface area contributed by atoms with Crippen LogP contribution in [0.15, 0.2) is 28.7 Å². The molecule has 1 heterocycles. The van der Waals surface area contributed by atoms with Gasteiger partial charge in [0.25, 0.3) is 0 Å². The summed E-state index contributed by atoms with van der Waals surface area (Å²) in [5.74, 6) is 1.22. The summed E-state index contributed by atoms with van der Waals surface area (Å²) in [4.78, 5) is 0. The molecule has 0 fully saturated rings. The van der Waals surface area contributed by atoms with Crippen LogP contribution in [-0.4, -0.2) is 9.78 Å². The molecule has 2 rings (SSSR count). The second kappa shape index (κ2) is 7.12. The first-order valence-electron chi connectivity index (χ1n) is 7.67. The van der Waals surface area contributed by atoms with Gasteiger partial charge in [-0.05, 0) is 18.9 Å². The van der Waals surface area contributed by atoms with Crippen molar-refractivity contribution in [1.29, 1.82) is 0 Å². The maximum absolute atomic E-state index is 6.31. The molecule has 0 aliphatic rings. The van der Waals surface area contributed by atoms with Gasteiger partial charge in [-0.3, -0.25) is 4.68 Å². The Kier molecular flexibility index (Phi) is 5.45. The van der Waals surface area contributed by atoms with Crippen molar-refractivity contribution in [1.82, 2.24) is 9.78 Å². The van der Waals surface area contributed by atoms with Gasteiger partial charge in [0.05, 0.1) is 5.69 Å². The average Bonchev–Trinajstić information content (AvgIpc) is 2.75. The van der Waals surface area contributed by atoms with E-state index in [1.165, 1.54) is 0 Å². The van der Waals surface area contributed by atoms with Crippen LogP contribution in [0, 0.1) is 0 Å². The number of rotatable bonds is 6. The van der Waals surface area contributed by atoms with Gasteiger partial charge in [0.1, 0.15) is 5.82 Å². The molecule has 0 radical (unpaired) electrons. The Labute approximate surface area is 135 Å². The number of hydrogen-bond acceptors (Lipinski definition) is 2. The largest absolute Gasteiger partial charge is 0.383 e. The Morgan fingerprint density at radius 3 is 2.38 bits per heavy atom. The van der Waals surface area contributed by atoms with Gasteiger partial charge in [0.15, 0.2) is 0 Å². The van der Waals surface area contributed by atoms with Crippen molar-refractivity contribution < 1.29 is 0 Å². The summed E-state index contributed by atoms with van der Waals surface area (Å²) >= 11 is 3.65. The first kappa shape index (κ1) is 16.1. The predicted molar refractivity (Wildman–Crippen MR) is 93.3 cm³/mol. The topological polar surface area (TPSA) is 43.8 Å². The van der Waals surface area contributed by atoms with Gasteiger partial charge < -0.3 is 5.73 Å². The molecule has 0 saturated carbocycles. The van der Waals surface area contributed by atoms with Gasteiger partial charge in [0.2, 0.25) is 0 Å². The second-order valence-electron chi connectivity index (χ2n) is 5.52. The zero-order valence-corrected chi connectivity index (χ0v) is 14.7. The van der Waals surface area contributed by atoms with Crippen molar-refractivity contribution in [3.05, 3.63) is 34.4 Å². The Bertz CT molecular complexity index is 598. The lowest BCUT2D eigenvalue weighted by molar-refractivity contribution is 0.540. The van der Waals surface area contributed by atoms with Crippen LogP contribution < -0.4 is 5.73 Å². The van der Waals surface area contributed by atoms with Gasteiger partial charge >= 0.3 is 0 Å². The average molecular weight is 350 g/mol. The minimum absolute atomic E-state index is 0.477. The minimum atomic E-state index is 0.477. The fourth-order valence-corrected chi connectivity index (χ4v) is 3.38. The van der Waals surface area contributed by atoms with E-state index in [1.807, 2.05) is 23.9 Å². The van der Waals surface area contributed by atoms with Crippen LogP contribution in [-0.2, 0) is 7.05 Å². The van der Waals surface area contributed by atoms with E-state index in [9.17, 15) is 0 Å². The third kappa shape index (κ3) is 3.31. The number of nitrogens with zero attached hydrogens (tertiary/aromatic N) is 2. The second-order valence-corrected chi connectivity index (χ2v) is 6.38. The molecule has 3 nitrogen and oxygen atoms in total. The van der Waals surface area contributed by atoms with Crippen LogP contribution in [0.1, 0.15) is 51.1 Å². The van der Waals surface area contributed by atoms with Gasteiger partial charge in [0, 0.05) is 28.6 Å². The zero-order chi connectivity index (χ0) is 15.4. The Hall–Kier alpha value is -1.29. The van der Waals surface area contributed by atoms with E-state index in [2.05, 4.69) is 41.9 Å². The summed E-state index contributed by atoms with van der Waals surface area (Å²) in [6.07, 6.45) is 4.64. The normalized spacial score (nSPS) is 11.3. The SMILES string of the molecule is CCCC(CCC)c1nn(C)c(N)c1-c1ccccc1Br. The number of anilines is 1. The van der Waals surface area contributed by atoms with E-state index < -0.39 is 0 Å². The van der Waals surface area contributed by atoms with E-state index in [0.717, 1.165) is 52.8 Å². The summed E-state index contributed by atoms with van der Waals surface area (Å²) in [6, 6.07) is 8.23. The summed E-state index contributed by atoms with van der Waals surface area (Å²) < 4.78 is 2.88. The first-order chi connectivity index (χ1) is 10.1. The lowest BCUT2D eigenvalue weighted by Gasteiger charge is -2.15. The number of aryl methyl sites for hydroxylation is 1. The summed E-state index contributed by atoms with van der Waals surface area (Å²) in [7, 11) is 1.92. The summed E-state index contributed by atoms with van der Waals surface area (Å²) in [6.45, 7) is 4.46. The molecular formula is C17H24BrN3. The molecule has 1 aromatic carbocycles. The number of benzene rings is 1. The predicted octanol–water partition coefficient (Wildman–Crippen LogP) is 5.12. The minimum Gasteiger partial charge on any atom is -0.383 e. The van der Waals surface area contributed by atoms with Crippen molar-refractivity contribution in [2.24, 2.45) is 7.05 Å². The highest BCUT2D eigenvalue weighted by Crippen LogP contribution is 2.40. The van der Waals surface area contributed by atoms with E-state index >= 15 is 0 Å². The highest BCUT2D eigenvalue weighted by atomic mass is 79.9. The van der Waals surface area contributed by atoms with E-state index in [-0.39, 0.29) is 0 Å². The van der Waals surface area contributed by atoms with Gasteiger partial charge in [-0.25, -0.2) is 0 Å². The van der Waals surface area contributed by atoms with E-state index in [1.54, 1.807) is 0 Å². The van der Waals surface area contributed by atoms with E-state index in [0.29, 0.717) is 5.92 Å². The lowest BCUT2D eigenvalue weighted by Crippen LogP contribution is -2.02. The number of hydrogen-bond donors (Lipinski definition) is 1. The molecule has 2 N–H and O–H groups in total. The maximum Gasteiger partial charge on any atom is 0.129 e. The van der Waals surface area contributed by atoms with Crippen LogP contribution in [0.25, 0.3) is 11.1 Å². The number of nitrogen functional groups attached to an aromatic ring is 1. The van der Waals surface area contributed by atoms with Crippen LogP contribution in [0.3, 0.4) is 0 Å². The molecule has 0 aliphatic carbocycles. The smallest absolute Gasteiger partial charge is 0.129 e. The molecule has 0 bridgehead atoms. The van der Waals surface area contributed by atoms with Crippen molar-refractivity contribution in [2.45, 2.75) is 45.4 Å². The van der Waals surface area contributed by atoms with Crippen molar-refractivity contribution in [3.8, 4) is 11.1 Å². The molecule has 0 spiro atoms. The highest BCUT2D eigenvalue weighted by Gasteiger charge is 2.23. The van der Waals surface area contributed by atoms with Crippen LogP contribution in [0.4, 0.5) is 5.82 Å². The molecule has 0 atom stereocenters. The third-order valence-corrected chi connectivity index (χ3v) is 4.61. The molecule has 1 aromatic heterocycles. The number of aromatic nitrogens is 2. The Balaban J connectivity index is 2.57. The molecule has 21 heavy (non-hydrogen) atoms. The van der Waals surface area contributed by atoms with Crippen LogP contribution in [0.2, 0.25) is 0 Å². The Morgan fingerprint density at radius 2 is 1.81 bits per heavy atom. The molecule has 0 aliphatic heterocycles.